The number of hydrogen-bond donors (Lipinski definition) is 1. The van der Waals surface area contributed by atoms with Crippen LogP contribution in [0.15, 0.2) is 10.7 Å². The zero-order valence-corrected chi connectivity index (χ0v) is 11.8. The van der Waals surface area contributed by atoms with Gasteiger partial charge in [-0.1, -0.05) is 0 Å². The van der Waals surface area contributed by atoms with Crippen LogP contribution >= 0.6 is 27.5 Å². The van der Waals surface area contributed by atoms with Gasteiger partial charge in [-0.05, 0) is 27.5 Å². The van der Waals surface area contributed by atoms with Gasteiger partial charge in [0.05, 0.1) is 10.5 Å². The third-order valence-electron chi connectivity index (χ3n) is 3.23. The Balaban J connectivity index is 1.82. The average molecular weight is 333 g/mol. The highest BCUT2D eigenvalue weighted by atomic mass is 79.9. The van der Waals surface area contributed by atoms with Crippen LogP contribution < -0.4 is 10.2 Å². The molecule has 2 aliphatic rings. The monoisotopic (exact) mass is 331 g/mol. The van der Waals surface area contributed by atoms with Gasteiger partial charge in [0.2, 0.25) is 5.28 Å². The SMILES string of the molecule is O=C1NCC2CN(c3nc(Cl)ncc3Br)CCN12. The van der Waals surface area contributed by atoms with Crippen LogP contribution in [0.5, 0.6) is 0 Å². The minimum Gasteiger partial charge on any atom is -0.352 e. The molecule has 1 unspecified atom stereocenters. The summed E-state index contributed by atoms with van der Waals surface area (Å²) in [5.41, 5.74) is 0. The molecule has 1 N–H and O–H groups in total. The van der Waals surface area contributed by atoms with E-state index in [4.69, 9.17) is 11.6 Å². The Morgan fingerprint density at radius 3 is 3.17 bits per heavy atom. The van der Waals surface area contributed by atoms with E-state index in [0.29, 0.717) is 13.1 Å². The second-order valence-electron chi connectivity index (χ2n) is 4.29. The molecule has 0 spiro atoms. The van der Waals surface area contributed by atoms with Crippen molar-refractivity contribution in [2.45, 2.75) is 6.04 Å². The normalized spacial score (nSPS) is 23.0. The number of fused-ring (bicyclic) bond motifs is 1. The van der Waals surface area contributed by atoms with Crippen molar-refractivity contribution in [3.05, 3.63) is 16.0 Å². The van der Waals surface area contributed by atoms with Gasteiger partial charge in [-0.15, -0.1) is 0 Å². The Bertz CT molecular complexity index is 499. The maximum atomic E-state index is 11.5. The quantitative estimate of drug-likeness (QED) is 0.783. The number of nitrogens with zero attached hydrogens (tertiary/aromatic N) is 4. The van der Waals surface area contributed by atoms with Crippen molar-refractivity contribution < 1.29 is 4.79 Å². The van der Waals surface area contributed by atoms with E-state index in [2.05, 4.69) is 36.1 Å². The van der Waals surface area contributed by atoms with Crippen molar-refractivity contribution >= 4 is 39.4 Å². The molecule has 3 heterocycles. The first kappa shape index (κ1) is 12.0. The molecule has 2 aliphatic heterocycles. The first-order valence-corrected chi connectivity index (χ1v) is 6.79. The first-order valence-electron chi connectivity index (χ1n) is 5.62. The van der Waals surface area contributed by atoms with Crippen LogP contribution in [0.2, 0.25) is 5.28 Å². The summed E-state index contributed by atoms with van der Waals surface area (Å²) in [6, 6.07) is 0.228. The van der Waals surface area contributed by atoms with E-state index >= 15 is 0 Å². The Kier molecular flexibility index (Phi) is 3.03. The standard InChI is InChI=1S/C10H11BrClN5O/c11-7-4-13-9(12)15-8(7)16-1-2-17-6(5-16)3-14-10(17)18/h4,6H,1-3,5H2,(H,14,18). The number of anilines is 1. The number of aromatic nitrogens is 2. The Morgan fingerprint density at radius 1 is 1.50 bits per heavy atom. The number of amides is 2. The molecule has 96 valence electrons. The molecule has 2 saturated heterocycles. The number of piperazine rings is 1. The molecule has 3 rings (SSSR count). The highest BCUT2D eigenvalue weighted by Gasteiger charge is 2.36. The zero-order valence-electron chi connectivity index (χ0n) is 9.44. The van der Waals surface area contributed by atoms with Gasteiger partial charge < -0.3 is 15.1 Å². The average Bonchev–Trinajstić information content (AvgIpc) is 2.74. The van der Waals surface area contributed by atoms with Crippen molar-refractivity contribution in [1.29, 1.82) is 0 Å². The minimum atomic E-state index is 0.0273. The van der Waals surface area contributed by atoms with E-state index < -0.39 is 0 Å². The van der Waals surface area contributed by atoms with E-state index in [1.54, 1.807) is 6.20 Å². The maximum absolute atomic E-state index is 11.5. The van der Waals surface area contributed by atoms with Gasteiger partial charge in [-0.3, -0.25) is 0 Å². The van der Waals surface area contributed by atoms with Gasteiger partial charge in [0, 0.05) is 32.4 Å². The molecule has 0 aliphatic carbocycles. The summed E-state index contributed by atoms with van der Waals surface area (Å²) in [7, 11) is 0. The molecule has 1 aromatic heterocycles. The third kappa shape index (κ3) is 2.01. The molecule has 1 atom stereocenters. The molecule has 2 amide bonds. The fourth-order valence-corrected chi connectivity index (χ4v) is 2.93. The van der Waals surface area contributed by atoms with E-state index in [1.807, 2.05) is 4.90 Å². The summed E-state index contributed by atoms with van der Waals surface area (Å²) in [5, 5.41) is 3.08. The summed E-state index contributed by atoms with van der Waals surface area (Å²) in [4.78, 5) is 23.7. The van der Waals surface area contributed by atoms with Gasteiger partial charge >= 0.3 is 6.03 Å². The first-order chi connectivity index (χ1) is 8.65. The Morgan fingerprint density at radius 2 is 2.33 bits per heavy atom. The second kappa shape index (κ2) is 4.55. The van der Waals surface area contributed by atoms with Crippen LogP contribution in [0.25, 0.3) is 0 Å². The van der Waals surface area contributed by atoms with Crippen LogP contribution in [-0.4, -0.2) is 53.1 Å². The molecular formula is C10H11BrClN5O. The number of nitrogens with one attached hydrogen (secondary N) is 1. The molecule has 0 saturated carbocycles. The second-order valence-corrected chi connectivity index (χ2v) is 5.48. The van der Waals surface area contributed by atoms with E-state index in [1.165, 1.54) is 0 Å². The van der Waals surface area contributed by atoms with E-state index in [-0.39, 0.29) is 17.4 Å². The summed E-state index contributed by atoms with van der Waals surface area (Å²) >= 11 is 9.25. The number of rotatable bonds is 1. The van der Waals surface area contributed by atoms with Crippen LogP contribution in [0.3, 0.4) is 0 Å². The molecule has 0 aromatic carbocycles. The summed E-state index contributed by atoms with van der Waals surface area (Å²) < 4.78 is 0.817. The topological polar surface area (TPSA) is 61.4 Å². The highest BCUT2D eigenvalue weighted by molar-refractivity contribution is 9.10. The number of urea groups is 1. The van der Waals surface area contributed by atoms with Crippen LogP contribution in [0.1, 0.15) is 0 Å². The zero-order chi connectivity index (χ0) is 12.7. The van der Waals surface area contributed by atoms with Gasteiger partial charge in [0.15, 0.2) is 0 Å². The predicted molar refractivity (Wildman–Crippen MR) is 70.8 cm³/mol. The number of carbonyl (C=O) groups excluding carboxylic acids is 1. The molecule has 1 aromatic rings. The molecular weight excluding hydrogens is 322 g/mol. The number of halogens is 2. The molecule has 8 heteroatoms. The van der Waals surface area contributed by atoms with Crippen LogP contribution in [-0.2, 0) is 0 Å². The van der Waals surface area contributed by atoms with Crippen LogP contribution in [0.4, 0.5) is 10.6 Å². The van der Waals surface area contributed by atoms with Crippen molar-refractivity contribution in [1.82, 2.24) is 20.2 Å². The number of hydrogen-bond acceptors (Lipinski definition) is 4. The Hall–Kier alpha value is -1.08. The summed E-state index contributed by atoms with van der Waals surface area (Å²) in [6.07, 6.45) is 1.65. The molecule has 18 heavy (non-hydrogen) atoms. The predicted octanol–water partition coefficient (Wildman–Crippen LogP) is 1.11. The Labute approximate surface area is 117 Å². The van der Waals surface area contributed by atoms with Crippen molar-refractivity contribution in [3.8, 4) is 0 Å². The van der Waals surface area contributed by atoms with Crippen molar-refractivity contribution in [3.63, 3.8) is 0 Å². The lowest BCUT2D eigenvalue weighted by Gasteiger charge is -2.37. The lowest BCUT2D eigenvalue weighted by Crippen LogP contribution is -2.52. The lowest BCUT2D eigenvalue weighted by molar-refractivity contribution is 0.197. The lowest BCUT2D eigenvalue weighted by atomic mass is 10.2. The van der Waals surface area contributed by atoms with Gasteiger partial charge in [0.1, 0.15) is 5.82 Å². The van der Waals surface area contributed by atoms with E-state index in [9.17, 15) is 4.79 Å². The number of carbonyl (C=O) groups is 1. The fourth-order valence-electron chi connectivity index (χ4n) is 2.36. The van der Waals surface area contributed by atoms with E-state index in [0.717, 1.165) is 23.4 Å². The minimum absolute atomic E-state index is 0.0273. The highest BCUT2D eigenvalue weighted by Crippen LogP contribution is 2.27. The van der Waals surface area contributed by atoms with Crippen molar-refractivity contribution in [2.24, 2.45) is 0 Å². The third-order valence-corrected chi connectivity index (χ3v) is 3.97. The summed E-state index contributed by atoms with van der Waals surface area (Å²) in [6.45, 7) is 2.89. The molecule has 0 radical (unpaired) electrons. The summed E-state index contributed by atoms with van der Waals surface area (Å²) in [5.74, 6) is 0.786. The largest absolute Gasteiger partial charge is 0.352 e. The molecule has 2 fully saturated rings. The molecule has 0 bridgehead atoms. The fraction of sp³-hybridized carbons (Fsp3) is 0.500. The van der Waals surface area contributed by atoms with Crippen LogP contribution in [0, 0.1) is 0 Å². The maximum Gasteiger partial charge on any atom is 0.317 e. The van der Waals surface area contributed by atoms with Crippen molar-refractivity contribution in [2.75, 3.05) is 31.1 Å². The molecule has 6 nitrogen and oxygen atoms in total. The van der Waals surface area contributed by atoms with Gasteiger partial charge in [-0.25, -0.2) is 9.78 Å². The van der Waals surface area contributed by atoms with Gasteiger partial charge in [-0.2, -0.15) is 4.98 Å². The van der Waals surface area contributed by atoms with Gasteiger partial charge in [0.25, 0.3) is 0 Å². The smallest absolute Gasteiger partial charge is 0.317 e.